The van der Waals surface area contributed by atoms with Crippen LogP contribution in [0.3, 0.4) is 0 Å². The summed E-state index contributed by atoms with van der Waals surface area (Å²) < 4.78 is 0. The predicted octanol–water partition coefficient (Wildman–Crippen LogP) is -0.295. The molecule has 0 aliphatic carbocycles. The van der Waals surface area contributed by atoms with Gasteiger partial charge in [0.25, 0.3) is 0 Å². The summed E-state index contributed by atoms with van der Waals surface area (Å²) in [5.41, 5.74) is 0.436. The maximum Gasteiger partial charge on any atom is 0.325 e. The minimum Gasteiger partial charge on any atom is -0.508 e. The molecule has 2 atom stereocenters. The molecule has 4 radical (unpaired) electrons. The van der Waals surface area contributed by atoms with Crippen LogP contribution in [0, 0.1) is 0 Å². The van der Waals surface area contributed by atoms with E-state index in [1.54, 1.807) is 24.3 Å². The van der Waals surface area contributed by atoms with E-state index in [4.69, 9.17) is 0 Å². The fourth-order valence-corrected chi connectivity index (χ4v) is 2.56. The molecule has 2 aromatic rings. The van der Waals surface area contributed by atoms with E-state index in [0.717, 1.165) is 0 Å². The van der Waals surface area contributed by atoms with Crippen LogP contribution in [0.15, 0.2) is 48.5 Å². The average Bonchev–Trinajstić information content (AvgIpc) is 2.59. The predicted molar refractivity (Wildman–Crippen MR) is 116 cm³/mol. The monoisotopic (exact) mass is 452 g/mol. The van der Waals surface area contributed by atoms with E-state index in [1.807, 2.05) is 0 Å². The number of nitrogens with one attached hydrogen (secondary N) is 2. The van der Waals surface area contributed by atoms with Gasteiger partial charge in [-0.05, 0) is 12.1 Å². The van der Waals surface area contributed by atoms with Crippen LogP contribution >= 0.6 is 0 Å². The normalized spacial score (nSPS) is 11.3. The Hall–Kier alpha value is 0.900. The molecule has 2 unspecified atom stereocenters. The first-order valence-corrected chi connectivity index (χ1v) is 7.90. The summed E-state index contributed by atoms with van der Waals surface area (Å²) in [6.45, 7) is 0.255. The average molecular weight is 452 g/mol. The van der Waals surface area contributed by atoms with Crippen molar-refractivity contribution in [3.05, 3.63) is 59.7 Å². The van der Waals surface area contributed by atoms with E-state index in [0.29, 0.717) is 0 Å². The molecule has 30 heavy (non-hydrogen) atoms. The number of para-hydroxylation sites is 2. The van der Waals surface area contributed by atoms with Gasteiger partial charge in [-0.25, -0.2) is 0 Å². The number of phenols is 2. The number of rotatable bonds is 9. The number of benzene rings is 2. The second kappa shape index (κ2) is 18.3. The molecule has 0 fully saturated rings. The fraction of sp³-hybridized carbons (Fsp3) is 0.222. The Bertz CT molecular complexity index is 731. The quantitative estimate of drug-likeness (QED) is 0.225. The van der Waals surface area contributed by atoms with Gasteiger partial charge in [-0.2, -0.15) is 0 Å². The zero-order chi connectivity index (χ0) is 19.1. The largest absolute Gasteiger partial charge is 0.508 e. The molecule has 0 aliphatic rings. The number of carbonyl (C=O) groups is 2. The van der Waals surface area contributed by atoms with Gasteiger partial charge in [-0.1, -0.05) is 36.4 Å². The number of carboxylic acid groups (broad SMARTS) is 2. The summed E-state index contributed by atoms with van der Waals surface area (Å²) in [7, 11) is 0. The van der Waals surface area contributed by atoms with Crippen LogP contribution in [0.4, 0.5) is 0 Å². The minimum absolute atomic E-state index is 0. The molecule has 12 heteroatoms. The topological polar surface area (TPSA) is 139 Å². The van der Waals surface area contributed by atoms with Gasteiger partial charge in [0.05, 0.1) is 0 Å². The van der Waals surface area contributed by atoms with Crippen LogP contribution in [0.1, 0.15) is 23.2 Å². The molecule has 8 nitrogen and oxygen atoms in total. The minimum atomic E-state index is -1.16. The standard InChI is InChI=1S/C18H20N2O6.4Na/c21-13-7-3-1-5-11(13)15(17(23)24)19-9-10-20-16(18(25)26)12-6-2-4-8-14(12)22;;;;/h1-8,15-16,19-22H,9-10H2,(H,23,24)(H,25,26);;;;. The maximum absolute atomic E-state index is 11.4. The summed E-state index contributed by atoms with van der Waals surface area (Å²) >= 11 is 0. The second-order valence-electron chi connectivity index (χ2n) is 5.57. The Labute approximate surface area is 263 Å². The molecule has 6 N–H and O–H groups in total. The van der Waals surface area contributed by atoms with Crippen molar-refractivity contribution in [2.45, 2.75) is 12.1 Å². The summed E-state index contributed by atoms with van der Waals surface area (Å²) in [6.07, 6.45) is 0. The first-order valence-electron chi connectivity index (χ1n) is 7.90. The van der Waals surface area contributed by atoms with Gasteiger partial charge in [0.15, 0.2) is 0 Å². The number of phenolic OH excluding ortho intramolecular Hbond substituents is 2. The summed E-state index contributed by atoms with van der Waals surface area (Å²) in [6, 6.07) is 9.91. The number of hydrogen-bond acceptors (Lipinski definition) is 6. The Morgan fingerprint density at radius 3 is 1.23 bits per heavy atom. The van der Waals surface area contributed by atoms with E-state index < -0.39 is 24.0 Å². The molecule has 0 saturated heterocycles. The van der Waals surface area contributed by atoms with Crippen molar-refractivity contribution >= 4 is 130 Å². The molecular weight excluding hydrogens is 432 g/mol. The zero-order valence-electron chi connectivity index (χ0n) is 17.8. The summed E-state index contributed by atoms with van der Waals surface area (Å²) in [5, 5.41) is 43.8. The smallest absolute Gasteiger partial charge is 0.325 e. The molecule has 2 rings (SSSR count). The number of hydrogen-bond donors (Lipinski definition) is 6. The van der Waals surface area contributed by atoms with E-state index in [-0.39, 0.29) is 154 Å². The van der Waals surface area contributed by atoms with Gasteiger partial charge in [0, 0.05) is 142 Å². The van der Waals surface area contributed by atoms with Gasteiger partial charge in [0.2, 0.25) is 0 Å². The van der Waals surface area contributed by atoms with E-state index in [9.17, 15) is 30.0 Å². The maximum atomic E-state index is 11.4. The number of aromatic hydroxyl groups is 2. The molecule has 0 saturated carbocycles. The number of aliphatic carboxylic acids is 2. The van der Waals surface area contributed by atoms with Crippen molar-refractivity contribution in [2.24, 2.45) is 0 Å². The van der Waals surface area contributed by atoms with Crippen LogP contribution in [-0.2, 0) is 9.59 Å². The van der Waals surface area contributed by atoms with Crippen molar-refractivity contribution < 1.29 is 30.0 Å². The van der Waals surface area contributed by atoms with Crippen LogP contribution < -0.4 is 10.6 Å². The van der Waals surface area contributed by atoms with Crippen molar-refractivity contribution in [1.29, 1.82) is 0 Å². The molecular formula is C18H20N2Na4O6. The third-order valence-electron chi connectivity index (χ3n) is 3.81. The van der Waals surface area contributed by atoms with Gasteiger partial charge in [0.1, 0.15) is 23.6 Å². The Morgan fingerprint density at radius 1 is 0.667 bits per heavy atom. The van der Waals surface area contributed by atoms with Gasteiger partial charge < -0.3 is 20.4 Å². The molecule has 2 aromatic carbocycles. The van der Waals surface area contributed by atoms with Gasteiger partial charge in [-0.15, -0.1) is 0 Å². The van der Waals surface area contributed by atoms with E-state index in [2.05, 4.69) is 10.6 Å². The summed E-state index contributed by atoms with van der Waals surface area (Å²) in [5.74, 6) is -2.61. The zero-order valence-corrected chi connectivity index (χ0v) is 25.8. The van der Waals surface area contributed by atoms with E-state index >= 15 is 0 Å². The first kappa shape index (κ1) is 35.5. The van der Waals surface area contributed by atoms with Gasteiger partial charge in [-0.3, -0.25) is 20.2 Å². The molecule has 142 valence electrons. The SMILES string of the molecule is O=C(O)C(NCCNC(C(=O)O)c1ccccc1O)c1ccccc1O.[Na].[Na].[Na].[Na]. The Kier molecular flexibility index (Phi) is 21.7. The molecule has 0 aromatic heterocycles. The van der Waals surface area contributed by atoms with E-state index in [1.165, 1.54) is 24.3 Å². The van der Waals surface area contributed by atoms with Crippen molar-refractivity contribution in [3.8, 4) is 11.5 Å². The molecule has 0 amide bonds. The molecule has 0 aliphatic heterocycles. The van der Waals surface area contributed by atoms with Crippen LogP contribution in [0.5, 0.6) is 11.5 Å². The molecule has 0 heterocycles. The molecule has 0 spiro atoms. The van der Waals surface area contributed by atoms with Crippen molar-refractivity contribution in [3.63, 3.8) is 0 Å². The first-order chi connectivity index (χ1) is 12.4. The Morgan fingerprint density at radius 2 is 0.967 bits per heavy atom. The third-order valence-corrected chi connectivity index (χ3v) is 3.81. The van der Waals surface area contributed by atoms with Crippen LogP contribution in [-0.4, -0.2) is 164 Å². The van der Waals surface area contributed by atoms with Crippen LogP contribution in [0.25, 0.3) is 0 Å². The van der Waals surface area contributed by atoms with Gasteiger partial charge >= 0.3 is 11.9 Å². The number of carboxylic acids is 2. The second-order valence-corrected chi connectivity index (χ2v) is 5.57. The third kappa shape index (κ3) is 10.7. The van der Waals surface area contributed by atoms with Crippen molar-refractivity contribution in [2.75, 3.05) is 13.1 Å². The fourth-order valence-electron chi connectivity index (χ4n) is 2.56. The van der Waals surface area contributed by atoms with Crippen LogP contribution in [0.2, 0.25) is 0 Å². The Balaban J connectivity index is -0.00000182. The molecule has 0 bridgehead atoms. The summed E-state index contributed by atoms with van der Waals surface area (Å²) in [4.78, 5) is 22.9. The van der Waals surface area contributed by atoms with Crippen molar-refractivity contribution in [1.82, 2.24) is 10.6 Å².